The number of aromatic nitrogens is 4. The number of fused-ring (bicyclic) bond motifs is 1. The molecule has 0 spiro atoms. The lowest BCUT2D eigenvalue weighted by Gasteiger charge is -2.27. The number of aryl methyl sites for hydroxylation is 1. The van der Waals surface area contributed by atoms with Crippen molar-refractivity contribution in [3.63, 3.8) is 0 Å². The summed E-state index contributed by atoms with van der Waals surface area (Å²) < 4.78 is 13.2. The summed E-state index contributed by atoms with van der Waals surface area (Å²) in [6.07, 6.45) is 6.70. The molecule has 122 valence electrons. The van der Waals surface area contributed by atoms with Gasteiger partial charge in [0, 0.05) is 38.3 Å². The topological polar surface area (TPSA) is 68.6 Å². The molecule has 0 aromatic carbocycles. The Bertz CT molecular complexity index is 684. The van der Waals surface area contributed by atoms with Gasteiger partial charge >= 0.3 is 0 Å². The predicted molar refractivity (Wildman–Crippen MR) is 83.9 cm³/mol. The summed E-state index contributed by atoms with van der Waals surface area (Å²) in [5.74, 6) is 1.80. The van der Waals surface area contributed by atoms with Gasteiger partial charge in [-0.3, -0.25) is 0 Å². The van der Waals surface area contributed by atoms with Crippen LogP contribution < -0.4 is 4.90 Å². The third kappa shape index (κ3) is 2.82. The molecule has 2 aliphatic heterocycles. The van der Waals surface area contributed by atoms with Gasteiger partial charge in [-0.15, -0.1) is 0 Å². The number of rotatable bonds is 5. The van der Waals surface area contributed by atoms with Gasteiger partial charge in [0.05, 0.1) is 12.2 Å². The maximum Gasteiger partial charge on any atom is 0.225 e. The minimum absolute atomic E-state index is 0.0124. The van der Waals surface area contributed by atoms with Gasteiger partial charge < -0.3 is 18.9 Å². The number of hydrogen-bond donors (Lipinski definition) is 0. The van der Waals surface area contributed by atoms with E-state index in [2.05, 4.69) is 32.6 Å². The minimum Gasteiger partial charge on any atom is -0.350 e. The van der Waals surface area contributed by atoms with E-state index >= 15 is 0 Å². The van der Waals surface area contributed by atoms with Gasteiger partial charge in [0.25, 0.3) is 0 Å². The van der Waals surface area contributed by atoms with Crippen LogP contribution in [-0.4, -0.2) is 39.0 Å². The number of anilines is 1. The van der Waals surface area contributed by atoms with E-state index in [1.807, 2.05) is 19.3 Å². The molecule has 2 aliphatic rings. The van der Waals surface area contributed by atoms with E-state index < -0.39 is 0 Å². The van der Waals surface area contributed by atoms with Crippen LogP contribution in [0, 0.1) is 0 Å². The van der Waals surface area contributed by atoms with Crippen LogP contribution in [0.1, 0.15) is 37.0 Å². The molecular weight excluding hydrogens is 294 g/mol. The highest BCUT2D eigenvalue weighted by atomic mass is 16.8. The Morgan fingerprint density at radius 3 is 2.83 bits per heavy atom. The van der Waals surface area contributed by atoms with Crippen molar-refractivity contribution in [2.24, 2.45) is 0 Å². The van der Waals surface area contributed by atoms with Crippen LogP contribution in [0.5, 0.6) is 0 Å². The first-order chi connectivity index (χ1) is 11.3. The molecule has 7 heteroatoms. The number of epoxide rings is 1. The number of nitrogens with zero attached hydrogens (tertiary/aromatic N) is 5. The van der Waals surface area contributed by atoms with Gasteiger partial charge in [-0.2, -0.15) is 0 Å². The van der Waals surface area contributed by atoms with Gasteiger partial charge in [0.15, 0.2) is 12.4 Å². The summed E-state index contributed by atoms with van der Waals surface area (Å²) in [6, 6.07) is 0. The Labute approximate surface area is 135 Å². The quantitative estimate of drug-likeness (QED) is 0.782. The van der Waals surface area contributed by atoms with Crippen molar-refractivity contribution in [1.82, 2.24) is 19.5 Å². The van der Waals surface area contributed by atoms with E-state index in [1.165, 1.54) is 0 Å². The smallest absolute Gasteiger partial charge is 0.225 e. The van der Waals surface area contributed by atoms with E-state index in [4.69, 9.17) is 14.5 Å². The van der Waals surface area contributed by atoms with E-state index in [-0.39, 0.29) is 12.4 Å². The fourth-order valence-corrected chi connectivity index (χ4v) is 2.88. The van der Waals surface area contributed by atoms with Crippen molar-refractivity contribution in [3.05, 3.63) is 35.7 Å². The van der Waals surface area contributed by atoms with Gasteiger partial charge in [0.1, 0.15) is 5.82 Å². The average Bonchev–Trinajstić information content (AvgIpc) is 3.23. The Morgan fingerprint density at radius 1 is 1.26 bits per heavy atom. The zero-order valence-electron chi connectivity index (χ0n) is 13.5. The second kappa shape index (κ2) is 5.90. The molecule has 7 nitrogen and oxygen atoms in total. The number of ether oxygens (including phenoxy) is 2. The van der Waals surface area contributed by atoms with Crippen LogP contribution in [0.2, 0.25) is 0 Å². The van der Waals surface area contributed by atoms with E-state index in [9.17, 15) is 0 Å². The Kier molecular flexibility index (Phi) is 3.74. The zero-order chi connectivity index (χ0) is 15.8. The van der Waals surface area contributed by atoms with Gasteiger partial charge in [-0.25, -0.2) is 15.0 Å². The van der Waals surface area contributed by atoms with Crippen LogP contribution in [0.25, 0.3) is 0 Å². The molecule has 0 bridgehead atoms. The molecule has 2 atom stereocenters. The highest BCUT2D eigenvalue weighted by molar-refractivity contribution is 5.32. The first-order valence-corrected chi connectivity index (χ1v) is 8.17. The standard InChI is InChI=1S/C16H21N5O2/c1-3-11-7-17-16(18-8-11)21-6-5-20-9-12(19-13(20)10-21)14-15(23-14)22-4-2/h7-9,14-15H,3-6,10H2,1-2H3. The third-order valence-electron chi connectivity index (χ3n) is 4.28. The van der Waals surface area contributed by atoms with Gasteiger partial charge in [-0.05, 0) is 18.9 Å². The number of hydrogen-bond acceptors (Lipinski definition) is 6. The second-order valence-corrected chi connectivity index (χ2v) is 5.82. The van der Waals surface area contributed by atoms with Crippen molar-refractivity contribution < 1.29 is 9.47 Å². The highest BCUT2D eigenvalue weighted by Gasteiger charge is 2.43. The van der Waals surface area contributed by atoms with Crippen LogP contribution in [0.3, 0.4) is 0 Å². The van der Waals surface area contributed by atoms with Crippen LogP contribution in [0.4, 0.5) is 5.95 Å². The van der Waals surface area contributed by atoms with Crippen LogP contribution in [0.15, 0.2) is 18.6 Å². The lowest BCUT2D eigenvalue weighted by molar-refractivity contribution is 0.0593. The molecule has 0 saturated carbocycles. The van der Waals surface area contributed by atoms with E-state index in [1.54, 1.807) is 0 Å². The molecule has 4 heterocycles. The average molecular weight is 315 g/mol. The van der Waals surface area contributed by atoms with Crippen LogP contribution >= 0.6 is 0 Å². The fourth-order valence-electron chi connectivity index (χ4n) is 2.88. The molecular formula is C16H21N5O2. The van der Waals surface area contributed by atoms with Crippen molar-refractivity contribution in [3.8, 4) is 0 Å². The monoisotopic (exact) mass is 315 g/mol. The summed E-state index contributed by atoms with van der Waals surface area (Å²) in [7, 11) is 0. The normalized spacial score (nSPS) is 23.0. The molecule has 2 unspecified atom stereocenters. The Hall–Kier alpha value is -1.99. The van der Waals surface area contributed by atoms with E-state index in [0.717, 1.165) is 49.1 Å². The summed E-state index contributed by atoms with van der Waals surface area (Å²) in [5, 5.41) is 0. The van der Waals surface area contributed by atoms with E-state index in [0.29, 0.717) is 6.61 Å². The number of imidazole rings is 1. The molecule has 4 rings (SSSR count). The van der Waals surface area contributed by atoms with Crippen molar-refractivity contribution >= 4 is 5.95 Å². The first kappa shape index (κ1) is 14.6. The summed E-state index contributed by atoms with van der Waals surface area (Å²) in [6.45, 7) is 7.22. The summed E-state index contributed by atoms with van der Waals surface area (Å²) >= 11 is 0. The Balaban J connectivity index is 1.47. The molecule has 0 aliphatic carbocycles. The SMILES string of the molecule is CCOC1OC1c1cn2c(n1)CN(c1ncc(CC)cn1)CC2. The second-order valence-electron chi connectivity index (χ2n) is 5.82. The van der Waals surface area contributed by atoms with Crippen LogP contribution in [-0.2, 0) is 29.0 Å². The fraction of sp³-hybridized carbons (Fsp3) is 0.562. The van der Waals surface area contributed by atoms with Crippen molar-refractivity contribution in [2.45, 2.75) is 45.8 Å². The lowest BCUT2D eigenvalue weighted by Crippen LogP contribution is -2.34. The molecule has 0 radical (unpaired) electrons. The maximum absolute atomic E-state index is 5.52. The molecule has 0 amide bonds. The molecule has 2 aromatic heterocycles. The largest absolute Gasteiger partial charge is 0.350 e. The van der Waals surface area contributed by atoms with Crippen molar-refractivity contribution in [2.75, 3.05) is 18.1 Å². The molecule has 1 saturated heterocycles. The highest BCUT2D eigenvalue weighted by Crippen LogP contribution is 2.39. The molecule has 23 heavy (non-hydrogen) atoms. The molecule has 2 aromatic rings. The predicted octanol–water partition coefficient (Wildman–Crippen LogP) is 1.69. The van der Waals surface area contributed by atoms with Gasteiger partial charge in [0.2, 0.25) is 5.95 Å². The van der Waals surface area contributed by atoms with Crippen molar-refractivity contribution in [1.29, 1.82) is 0 Å². The van der Waals surface area contributed by atoms with Gasteiger partial charge in [-0.1, -0.05) is 6.92 Å². The zero-order valence-corrected chi connectivity index (χ0v) is 13.5. The lowest BCUT2D eigenvalue weighted by atomic mass is 10.3. The minimum atomic E-state index is -0.127. The molecule has 1 fully saturated rings. The maximum atomic E-state index is 5.52. The first-order valence-electron chi connectivity index (χ1n) is 8.17. The third-order valence-corrected chi connectivity index (χ3v) is 4.28. The summed E-state index contributed by atoms with van der Waals surface area (Å²) in [4.78, 5) is 15.8. The summed E-state index contributed by atoms with van der Waals surface area (Å²) in [5.41, 5.74) is 2.12. The Morgan fingerprint density at radius 2 is 2.09 bits per heavy atom. The molecule has 0 N–H and O–H groups in total.